The van der Waals surface area contributed by atoms with Gasteiger partial charge < -0.3 is 11.1 Å². The fraction of sp³-hybridized carbons (Fsp3) is 0.182. The van der Waals surface area contributed by atoms with Crippen molar-refractivity contribution in [3.05, 3.63) is 41.0 Å². The smallest absolute Gasteiger partial charge is 0.242 e. The van der Waals surface area contributed by atoms with Crippen LogP contribution in [0.15, 0.2) is 30.5 Å². The molecule has 1 heterocycles. The van der Waals surface area contributed by atoms with E-state index in [2.05, 4.69) is 15.6 Å². The van der Waals surface area contributed by atoms with Gasteiger partial charge in [-0.15, -0.1) is 5.10 Å². The summed E-state index contributed by atoms with van der Waals surface area (Å²) in [6.45, 7) is 0.456. The normalized spacial score (nSPS) is 10.3. The lowest BCUT2D eigenvalue weighted by Crippen LogP contribution is -2.27. The fourth-order valence-corrected chi connectivity index (χ4v) is 1.63. The van der Waals surface area contributed by atoms with Crippen molar-refractivity contribution in [2.45, 2.75) is 13.1 Å². The summed E-state index contributed by atoms with van der Waals surface area (Å²) in [5.74, 6) is 0.105. The molecule has 1 aromatic carbocycles. The van der Waals surface area contributed by atoms with Crippen LogP contribution in [0.1, 0.15) is 5.56 Å². The first-order valence-corrected chi connectivity index (χ1v) is 5.68. The van der Waals surface area contributed by atoms with Crippen LogP contribution in [0.25, 0.3) is 0 Å². The first-order valence-electron chi connectivity index (χ1n) is 5.31. The number of nitrogens with zero attached hydrogens (tertiary/aromatic N) is 3. The van der Waals surface area contributed by atoms with E-state index in [0.717, 1.165) is 5.56 Å². The quantitative estimate of drug-likeness (QED) is 0.857. The van der Waals surface area contributed by atoms with Crippen molar-refractivity contribution >= 4 is 23.3 Å². The zero-order valence-electron chi connectivity index (χ0n) is 9.51. The summed E-state index contributed by atoms with van der Waals surface area (Å²) in [6.07, 6.45) is 1.50. The SMILES string of the molecule is Nc1cn(CC(=O)NCc2ccccc2Cl)nn1. The number of benzene rings is 1. The van der Waals surface area contributed by atoms with Crippen molar-refractivity contribution in [2.75, 3.05) is 5.73 Å². The maximum atomic E-state index is 11.6. The molecule has 1 aromatic heterocycles. The van der Waals surface area contributed by atoms with Gasteiger partial charge in [-0.2, -0.15) is 0 Å². The van der Waals surface area contributed by atoms with E-state index >= 15 is 0 Å². The van der Waals surface area contributed by atoms with Crippen LogP contribution in [0.3, 0.4) is 0 Å². The van der Waals surface area contributed by atoms with Gasteiger partial charge in [-0.1, -0.05) is 35.0 Å². The molecule has 2 aromatic rings. The van der Waals surface area contributed by atoms with E-state index in [1.807, 2.05) is 18.2 Å². The van der Waals surface area contributed by atoms with Crippen LogP contribution in [-0.2, 0) is 17.9 Å². The van der Waals surface area contributed by atoms with Crippen molar-refractivity contribution in [1.29, 1.82) is 0 Å². The molecule has 0 fully saturated rings. The summed E-state index contributed by atoms with van der Waals surface area (Å²) in [5.41, 5.74) is 6.26. The van der Waals surface area contributed by atoms with Gasteiger partial charge in [0.15, 0.2) is 5.82 Å². The van der Waals surface area contributed by atoms with Gasteiger partial charge in [-0.3, -0.25) is 4.79 Å². The average molecular weight is 266 g/mol. The van der Waals surface area contributed by atoms with Crippen molar-refractivity contribution in [3.63, 3.8) is 0 Å². The highest BCUT2D eigenvalue weighted by molar-refractivity contribution is 6.31. The molecule has 0 aliphatic heterocycles. The molecule has 0 saturated carbocycles. The van der Waals surface area contributed by atoms with Gasteiger partial charge in [0.2, 0.25) is 5.91 Å². The maximum absolute atomic E-state index is 11.6. The lowest BCUT2D eigenvalue weighted by molar-refractivity contribution is -0.122. The van der Waals surface area contributed by atoms with Crippen LogP contribution >= 0.6 is 11.6 Å². The fourth-order valence-electron chi connectivity index (χ4n) is 1.43. The molecule has 3 N–H and O–H groups in total. The first-order chi connectivity index (χ1) is 8.65. The predicted molar refractivity (Wildman–Crippen MR) is 67.7 cm³/mol. The highest BCUT2D eigenvalue weighted by atomic mass is 35.5. The molecule has 0 spiro atoms. The minimum absolute atomic E-state index is 0.0780. The molecule has 0 bridgehead atoms. The maximum Gasteiger partial charge on any atom is 0.242 e. The second-order valence-electron chi connectivity index (χ2n) is 3.71. The Bertz CT molecular complexity index is 554. The number of carbonyl (C=O) groups excluding carboxylic acids is 1. The van der Waals surface area contributed by atoms with Crippen LogP contribution in [0.4, 0.5) is 5.82 Å². The molecule has 0 atom stereocenters. The van der Waals surface area contributed by atoms with Gasteiger partial charge in [0, 0.05) is 11.6 Å². The molecule has 2 rings (SSSR count). The third kappa shape index (κ3) is 3.21. The Hall–Kier alpha value is -2.08. The lowest BCUT2D eigenvalue weighted by Gasteiger charge is -2.06. The van der Waals surface area contributed by atoms with E-state index in [4.69, 9.17) is 17.3 Å². The average Bonchev–Trinajstić information content (AvgIpc) is 2.74. The van der Waals surface area contributed by atoms with Crippen LogP contribution in [0.5, 0.6) is 0 Å². The van der Waals surface area contributed by atoms with Gasteiger partial charge in [0.25, 0.3) is 0 Å². The third-order valence-electron chi connectivity index (χ3n) is 2.30. The summed E-state index contributed by atoms with van der Waals surface area (Å²) < 4.78 is 1.37. The predicted octanol–water partition coefficient (Wildman–Crippen LogP) is 0.830. The van der Waals surface area contributed by atoms with Gasteiger partial charge >= 0.3 is 0 Å². The molecule has 7 heteroatoms. The molecule has 0 radical (unpaired) electrons. The van der Waals surface area contributed by atoms with Crippen LogP contribution in [-0.4, -0.2) is 20.9 Å². The van der Waals surface area contributed by atoms with E-state index in [9.17, 15) is 4.79 Å². The Morgan fingerprint density at radius 3 is 2.89 bits per heavy atom. The summed E-state index contributed by atoms with van der Waals surface area (Å²) >= 11 is 5.98. The van der Waals surface area contributed by atoms with Crippen molar-refractivity contribution in [2.24, 2.45) is 0 Å². The number of nitrogens with one attached hydrogen (secondary N) is 1. The van der Waals surface area contributed by atoms with Crippen LogP contribution in [0, 0.1) is 0 Å². The lowest BCUT2D eigenvalue weighted by atomic mass is 10.2. The molecule has 0 aliphatic rings. The molecule has 6 nitrogen and oxygen atoms in total. The molecule has 18 heavy (non-hydrogen) atoms. The Balaban J connectivity index is 1.87. The van der Waals surface area contributed by atoms with Gasteiger partial charge in [-0.25, -0.2) is 4.68 Å². The number of hydrogen-bond acceptors (Lipinski definition) is 4. The van der Waals surface area contributed by atoms with E-state index in [0.29, 0.717) is 11.6 Å². The minimum Gasteiger partial charge on any atom is -0.381 e. The van der Waals surface area contributed by atoms with E-state index in [1.165, 1.54) is 10.9 Å². The minimum atomic E-state index is -0.181. The molecule has 0 unspecified atom stereocenters. The van der Waals surface area contributed by atoms with Crippen LogP contribution < -0.4 is 11.1 Å². The number of hydrogen-bond donors (Lipinski definition) is 2. The summed E-state index contributed by atoms with van der Waals surface area (Å²) in [5, 5.41) is 10.6. The number of nitrogen functional groups attached to an aromatic ring is 1. The first kappa shape index (κ1) is 12.4. The Morgan fingerprint density at radius 1 is 1.44 bits per heavy atom. The van der Waals surface area contributed by atoms with Crippen LogP contribution in [0.2, 0.25) is 5.02 Å². The zero-order valence-corrected chi connectivity index (χ0v) is 10.3. The Morgan fingerprint density at radius 2 is 2.22 bits per heavy atom. The second-order valence-corrected chi connectivity index (χ2v) is 4.12. The number of carbonyl (C=O) groups is 1. The molecular weight excluding hydrogens is 254 g/mol. The molecule has 0 aliphatic carbocycles. The number of nitrogens with two attached hydrogens (primary N) is 1. The Labute approximate surface area is 109 Å². The summed E-state index contributed by atoms with van der Waals surface area (Å²) in [7, 11) is 0. The molecule has 94 valence electrons. The number of halogens is 1. The summed E-state index contributed by atoms with van der Waals surface area (Å²) in [6, 6.07) is 7.34. The third-order valence-corrected chi connectivity index (χ3v) is 2.66. The largest absolute Gasteiger partial charge is 0.381 e. The van der Waals surface area contributed by atoms with E-state index in [-0.39, 0.29) is 18.3 Å². The molecule has 1 amide bonds. The standard InChI is InChI=1S/C11H12ClN5O/c12-9-4-2-1-3-8(9)5-14-11(18)7-17-6-10(13)15-16-17/h1-4,6H,5,7,13H2,(H,14,18). The number of amides is 1. The molecular formula is C11H12ClN5O. The van der Waals surface area contributed by atoms with Gasteiger partial charge in [0.1, 0.15) is 6.54 Å². The zero-order chi connectivity index (χ0) is 13.0. The van der Waals surface area contributed by atoms with Crippen molar-refractivity contribution in [3.8, 4) is 0 Å². The van der Waals surface area contributed by atoms with Gasteiger partial charge in [-0.05, 0) is 11.6 Å². The van der Waals surface area contributed by atoms with E-state index in [1.54, 1.807) is 6.07 Å². The summed E-state index contributed by atoms with van der Waals surface area (Å²) in [4.78, 5) is 11.6. The number of aromatic nitrogens is 3. The Kier molecular flexibility index (Phi) is 3.78. The highest BCUT2D eigenvalue weighted by Crippen LogP contribution is 2.14. The van der Waals surface area contributed by atoms with Crippen molar-refractivity contribution < 1.29 is 4.79 Å². The highest BCUT2D eigenvalue weighted by Gasteiger charge is 2.05. The van der Waals surface area contributed by atoms with Crippen molar-refractivity contribution in [1.82, 2.24) is 20.3 Å². The number of anilines is 1. The number of rotatable bonds is 4. The topological polar surface area (TPSA) is 85.8 Å². The monoisotopic (exact) mass is 265 g/mol. The second kappa shape index (κ2) is 5.50. The molecule has 0 saturated heterocycles. The van der Waals surface area contributed by atoms with Gasteiger partial charge in [0.05, 0.1) is 6.20 Å². The van der Waals surface area contributed by atoms with E-state index < -0.39 is 0 Å².